The molecule has 11 aromatic rings. The van der Waals surface area contributed by atoms with E-state index >= 15 is 0 Å². The van der Waals surface area contributed by atoms with Crippen molar-refractivity contribution in [3.8, 4) is 90.1 Å². The van der Waals surface area contributed by atoms with Crippen molar-refractivity contribution in [3.63, 3.8) is 0 Å². The average Bonchev–Trinajstić information content (AvgIpc) is 3.76. The molecule has 11 rings (SSSR count). The topological polar surface area (TPSA) is 64.7 Å². The number of pyridine rings is 1. The van der Waals surface area contributed by atoms with Crippen LogP contribution in [0.4, 0.5) is 0 Å². The van der Waals surface area contributed by atoms with Crippen LogP contribution in [0.1, 0.15) is 0 Å². The summed E-state index contributed by atoms with van der Waals surface area (Å²) in [6, 6.07) is 75.0. The fourth-order valence-corrected chi connectivity index (χ4v) is 8.13. The molecule has 0 saturated heterocycles. The molecule has 61 heavy (non-hydrogen) atoms. The molecular formula is C56H36N4O. The Morgan fingerprint density at radius 2 is 0.705 bits per heavy atom. The zero-order chi connectivity index (χ0) is 40.5. The zero-order valence-corrected chi connectivity index (χ0v) is 33.0. The van der Waals surface area contributed by atoms with Crippen LogP contribution in [-0.2, 0) is 0 Å². The molecule has 0 saturated carbocycles. The van der Waals surface area contributed by atoms with E-state index in [0.29, 0.717) is 17.5 Å². The third-order valence-corrected chi connectivity index (χ3v) is 11.2. The van der Waals surface area contributed by atoms with Crippen molar-refractivity contribution < 1.29 is 4.42 Å². The number of hydrogen-bond donors (Lipinski definition) is 0. The van der Waals surface area contributed by atoms with Gasteiger partial charge >= 0.3 is 0 Å². The van der Waals surface area contributed by atoms with Gasteiger partial charge in [0.25, 0.3) is 0 Å². The van der Waals surface area contributed by atoms with Gasteiger partial charge in [-0.25, -0.2) is 19.9 Å². The second kappa shape index (κ2) is 15.5. The summed E-state index contributed by atoms with van der Waals surface area (Å²) in [5.41, 5.74) is 13.6. The van der Waals surface area contributed by atoms with Gasteiger partial charge in [0.15, 0.2) is 23.1 Å². The van der Waals surface area contributed by atoms with E-state index < -0.39 is 0 Å². The normalized spacial score (nSPS) is 11.3. The Balaban J connectivity index is 1.10. The monoisotopic (exact) mass is 780 g/mol. The highest BCUT2D eigenvalue weighted by atomic mass is 16.3. The van der Waals surface area contributed by atoms with Crippen molar-refractivity contribution in [1.82, 2.24) is 19.9 Å². The van der Waals surface area contributed by atoms with Gasteiger partial charge in [-0.1, -0.05) is 206 Å². The Hall–Kier alpha value is -8.28. The molecule has 0 atom stereocenters. The molecule has 0 aliphatic carbocycles. The highest BCUT2D eigenvalue weighted by Crippen LogP contribution is 2.47. The standard InChI is InChI=1S/C56H36N4O/c1-5-16-37(17-6-1)39-28-32-43(33-29-39)54-58-55(44-34-30-40(31-35-44)38-18-7-2-8-19-38)60-56(59-54)46-25-15-24-45(36-46)49-50-47-26-13-14-27-48(47)57-51(41-20-9-3-10-21-41)53(50)61-52(49)42-22-11-4-12-23-42/h1-36H. The Labute approximate surface area is 353 Å². The van der Waals surface area contributed by atoms with Crippen LogP contribution >= 0.6 is 0 Å². The van der Waals surface area contributed by atoms with E-state index in [2.05, 4.69) is 164 Å². The molecule has 0 unspecified atom stereocenters. The molecule has 0 aliphatic rings. The van der Waals surface area contributed by atoms with Crippen LogP contribution in [0.5, 0.6) is 0 Å². The van der Waals surface area contributed by atoms with Crippen molar-refractivity contribution in [2.75, 3.05) is 0 Å². The summed E-state index contributed by atoms with van der Waals surface area (Å²) >= 11 is 0. The van der Waals surface area contributed by atoms with Crippen molar-refractivity contribution >= 4 is 21.9 Å². The molecule has 0 spiro atoms. The number of fused-ring (bicyclic) bond motifs is 3. The van der Waals surface area contributed by atoms with Crippen molar-refractivity contribution in [1.29, 1.82) is 0 Å². The molecule has 0 N–H and O–H groups in total. The molecule has 5 nitrogen and oxygen atoms in total. The molecule has 3 heterocycles. The van der Waals surface area contributed by atoms with Crippen LogP contribution in [0, 0.1) is 0 Å². The molecule has 0 aliphatic heterocycles. The zero-order valence-electron chi connectivity index (χ0n) is 33.0. The summed E-state index contributed by atoms with van der Waals surface area (Å²) in [6.45, 7) is 0. The Bertz CT molecular complexity index is 3210. The maximum atomic E-state index is 7.01. The average molecular weight is 781 g/mol. The van der Waals surface area contributed by atoms with Gasteiger partial charge in [-0.3, -0.25) is 0 Å². The molecule has 0 bridgehead atoms. The lowest BCUT2D eigenvalue weighted by atomic mass is 9.94. The molecule has 8 aromatic carbocycles. The van der Waals surface area contributed by atoms with E-state index in [4.69, 9.17) is 24.4 Å². The molecule has 0 radical (unpaired) electrons. The van der Waals surface area contributed by atoms with Gasteiger partial charge in [0.1, 0.15) is 11.5 Å². The highest BCUT2D eigenvalue weighted by Gasteiger charge is 2.24. The third kappa shape index (κ3) is 6.84. The second-order valence-corrected chi connectivity index (χ2v) is 15.0. The van der Waals surface area contributed by atoms with Crippen LogP contribution in [0.15, 0.2) is 223 Å². The van der Waals surface area contributed by atoms with Gasteiger partial charge < -0.3 is 4.42 Å². The lowest BCUT2D eigenvalue weighted by Gasteiger charge is -2.11. The molecular weight excluding hydrogens is 745 g/mol. The minimum Gasteiger partial charge on any atom is -0.453 e. The molecule has 5 heteroatoms. The summed E-state index contributed by atoms with van der Waals surface area (Å²) in [4.78, 5) is 20.6. The smallest absolute Gasteiger partial charge is 0.164 e. The lowest BCUT2D eigenvalue weighted by molar-refractivity contribution is 0.632. The van der Waals surface area contributed by atoms with Crippen molar-refractivity contribution in [2.24, 2.45) is 0 Å². The summed E-state index contributed by atoms with van der Waals surface area (Å²) in [6.07, 6.45) is 0. The van der Waals surface area contributed by atoms with Crippen molar-refractivity contribution in [3.05, 3.63) is 218 Å². The lowest BCUT2D eigenvalue weighted by Crippen LogP contribution is -2.00. The first-order valence-electron chi connectivity index (χ1n) is 20.4. The van der Waals surface area contributed by atoms with E-state index in [-0.39, 0.29) is 0 Å². The second-order valence-electron chi connectivity index (χ2n) is 15.0. The first-order chi connectivity index (χ1) is 30.2. The molecule has 3 aromatic heterocycles. The summed E-state index contributed by atoms with van der Waals surface area (Å²) in [5, 5.41) is 2.03. The van der Waals surface area contributed by atoms with E-state index in [1.165, 1.54) is 0 Å². The number of furan rings is 1. The number of rotatable bonds is 8. The quantitative estimate of drug-likeness (QED) is 0.154. The summed E-state index contributed by atoms with van der Waals surface area (Å²) in [7, 11) is 0. The molecule has 0 amide bonds. The van der Waals surface area contributed by atoms with E-state index in [1.54, 1.807) is 0 Å². The van der Waals surface area contributed by atoms with Crippen LogP contribution in [0.3, 0.4) is 0 Å². The SMILES string of the molecule is c1ccc(-c2ccc(-c3nc(-c4ccc(-c5ccccc5)cc4)nc(-c4cccc(-c5c(-c6ccccc6)oc6c(-c7ccccc7)nc7ccccc7c56)c4)n3)cc2)cc1. The van der Waals surface area contributed by atoms with E-state index in [1.807, 2.05) is 54.6 Å². The van der Waals surface area contributed by atoms with Gasteiger partial charge in [-0.15, -0.1) is 0 Å². The van der Waals surface area contributed by atoms with E-state index in [9.17, 15) is 0 Å². The van der Waals surface area contributed by atoms with Gasteiger partial charge in [0, 0.05) is 44.2 Å². The van der Waals surface area contributed by atoms with Crippen LogP contribution in [-0.4, -0.2) is 19.9 Å². The fraction of sp³-hybridized carbons (Fsp3) is 0. The summed E-state index contributed by atoms with van der Waals surface area (Å²) in [5.74, 6) is 2.55. The largest absolute Gasteiger partial charge is 0.453 e. The Morgan fingerprint density at radius 1 is 0.295 bits per heavy atom. The van der Waals surface area contributed by atoms with Crippen LogP contribution in [0.2, 0.25) is 0 Å². The van der Waals surface area contributed by atoms with Gasteiger partial charge in [-0.05, 0) is 39.9 Å². The minimum absolute atomic E-state index is 0.576. The highest BCUT2D eigenvalue weighted by molar-refractivity contribution is 6.18. The maximum Gasteiger partial charge on any atom is 0.164 e. The minimum atomic E-state index is 0.576. The number of nitrogens with zero attached hydrogens (tertiary/aromatic N) is 4. The fourth-order valence-electron chi connectivity index (χ4n) is 8.13. The molecule has 286 valence electrons. The third-order valence-electron chi connectivity index (χ3n) is 11.2. The van der Waals surface area contributed by atoms with Gasteiger partial charge in [0.05, 0.1) is 5.52 Å². The number of para-hydroxylation sites is 1. The first-order valence-corrected chi connectivity index (χ1v) is 20.4. The Morgan fingerprint density at radius 3 is 1.26 bits per heavy atom. The number of hydrogen-bond acceptors (Lipinski definition) is 5. The van der Waals surface area contributed by atoms with Crippen LogP contribution in [0.25, 0.3) is 112 Å². The number of benzene rings is 8. The maximum absolute atomic E-state index is 7.01. The van der Waals surface area contributed by atoms with Crippen LogP contribution < -0.4 is 0 Å². The van der Waals surface area contributed by atoms with Gasteiger partial charge in [-0.2, -0.15) is 0 Å². The predicted molar refractivity (Wildman–Crippen MR) is 248 cm³/mol. The number of aromatic nitrogens is 4. The molecule has 0 fully saturated rings. The Kier molecular flexibility index (Phi) is 9.10. The summed E-state index contributed by atoms with van der Waals surface area (Å²) < 4.78 is 7.01. The predicted octanol–water partition coefficient (Wildman–Crippen LogP) is 14.5. The first kappa shape index (κ1) is 35.8. The van der Waals surface area contributed by atoms with Gasteiger partial charge in [0.2, 0.25) is 0 Å². The van der Waals surface area contributed by atoms with E-state index in [0.717, 1.165) is 94.5 Å². The van der Waals surface area contributed by atoms with Crippen molar-refractivity contribution in [2.45, 2.75) is 0 Å².